The van der Waals surface area contributed by atoms with E-state index in [9.17, 15) is 9.18 Å². The molecule has 0 saturated heterocycles. The number of nitrogens with zero attached hydrogens (tertiary/aromatic N) is 5. The van der Waals surface area contributed by atoms with Crippen molar-refractivity contribution in [3.05, 3.63) is 41.6 Å². The summed E-state index contributed by atoms with van der Waals surface area (Å²) in [4.78, 5) is 15.0. The Hall–Kier alpha value is -3.47. The minimum atomic E-state index is -1.02. The molecule has 0 atom stereocenters. The molecule has 0 aliphatic rings. The second-order valence-electron chi connectivity index (χ2n) is 4.99. The topological polar surface area (TPSA) is 133 Å². The summed E-state index contributed by atoms with van der Waals surface area (Å²) in [6.07, 6.45) is 2.25. The van der Waals surface area contributed by atoms with Crippen LogP contribution in [0.3, 0.4) is 0 Å². The number of hydrogen-bond donors (Lipinski definition) is 3. The third-order valence-corrected chi connectivity index (χ3v) is 3.27. The van der Waals surface area contributed by atoms with E-state index in [1.54, 1.807) is 24.1 Å². The van der Waals surface area contributed by atoms with Crippen LogP contribution in [0.2, 0.25) is 5.15 Å². The molecule has 0 fully saturated rings. The zero-order chi connectivity index (χ0) is 18.7. The summed E-state index contributed by atoms with van der Waals surface area (Å²) >= 11 is 5.96. The highest BCUT2D eigenvalue weighted by Gasteiger charge is 2.12. The molecule has 0 aliphatic carbocycles. The molecule has 10 nitrogen and oxygen atoms in total. The van der Waals surface area contributed by atoms with Crippen LogP contribution in [0.15, 0.2) is 30.6 Å². The molecule has 0 aliphatic heterocycles. The van der Waals surface area contributed by atoms with Crippen molar-refractivity contribution in [2.45, 2.75) is 0 Å². The molecule has 3 aromatic rings. The average molecular weight is 379 g/mol. The van der Waals surface area contributed by atoms with Crippen LogP contribution in [0.1, 0.15) is 0 Å². The fourth-order valence-corrected chi connectivity index (χ4v) is 2.10. The molecular formula is C14H12ClFN8O2. The number of hydrogen-bond acceptors (Lipinski definition) is 8. The number of benzene rings is 1. The molecule has 3 rings (SSSR count). The number of rotatable bonds is 5. The number of aromatic nitrogens is 5. The Morgan fingerprint density at radius 3 is 2.85 bits per heavy atom. The van der Waals surface area contributed by atoms with E-state index in [1.165, 1.54) is 12.1 Å². The van der Waals surface area contributed by atoms with Gasteiger partial charge in [0.15, 0.2) is 11.0 Å². The first kappa shape index (κ1) is 17.4. The number of carbonyl (C=O) groups excluding carboxylic acids is 1. The number of primary amides is 1. The van der Waals surface area contributed by atoms with Gasteiger partial charge in [-0.3, -0.25) is 4.68 Å². The first-order valence-corrected chi connectivity index (χ1v) is 7.48. The van der Waals surface area contributed by atoms with Crippen molar-refractivity contribution < 1.29 is 13.9 Å². The summed E-state index contributed by atoms with van der Waals surface area (Å²) in [5.74, 6) is -0.412. The van der Waals surface area contributed by atoms with Crippen molar-refractivity contribution in [1.29, 1.82) is 0 Å². The molecule has 0 spiro atoms. The Balaban J connectivity index is 1.85. The number of halogens is 2. The molecule has 1 aromatic carbocycles. The van der Waals surface area contributed by atoms with Crippen molar-refractivity contribution in [3.63, 3.8) is 0 Å². The maximum absolute atomic E-state index is 14.0. The summed E-state index contributed by atoms with van der Waals surface area (Å²) < 4.78 is 20.3. The quantitative estimate of drug-likeness (QED) is 0.616. The number of nitrogens with one attached hydrogen (secondary N) is 2. The maximum atomic E-state index is 14.0. The molecule has 0 unspecified atom stereocenters. The third kappa shape index (κ3) is 4.13. The van der Waals surface area contributed by atoms with E-state index in [2.05, 4.69) is 30.9 Å². The largest absolute Gasteiger partial charge is 0.410 e. The predicted octanol–water partition coefficient (Wildman–Crippen LogP) is 2.34. The van der Waals surface area contributed by atoms with Crippen LogP contribution in [0.5, 0.6) is 5.75 Å². The van der Waals surface area contributed by atoms with Gasteiger partial charge < -0.3 is 21.1 Å². The highest BCUT2D eigenvalue weighted by Crippen LogP contribution is 2.27. The number of ether oxygens (including phenoxy) is 1. The summed E-state index contributed by atoms with van der Waals surface area (Å²) in [6, 6.07) is 3.57. The van der Waals surface area contributed by atoms with Crippen molar-refractivity contribution in [2.24, 2.45) is 12.8 Å². The van der Waals surface area contributed by atoms with E-state index in [1.807, 2.05) is 0 Å². The number of aryl methyl sites for hydroxylation is 1. The molecule has 1 amide bonds. The first-order valence-electron chi connectivity index (χ1n) is 7.10. The lowest BCUT2D eigenvalue weighted by Crippen LogP contribution is -2.16. The van der Waals surface area contributed by atoms with Gasteiger partial charge in [0.2, 0.25) is 5.95 Å². The van der Waals surface area contributed by atoms with E-state index in [4.69, 9.17) is 22.1 Å². The van der Waals surface area contributed by atoms with Crippen LogP contribution in [-0.2, 0) is 7.05 Å². The SMILES string of the molecule is Cn1cc(Nc2nnc(Cl)c(Nc3cc(OC(N)=O)ccc3F)n2)cn1. The van der Waals surface area contributed by atoms with E-state index in [0.717, 1.165) is 6.07 Å². The zero-order valence-electron chi connectivity index (χ0n) is 13.3. The standard InChI is InChI=1S/C14H12ClFN8O2/c1-24-6-7(5-18-24)19-14-21-12(11(15)22-23-14)20-10-4-8(26-13(17)25)2-3-9(10)16/h2-6H,1H3,(H2,17,25)(H2,19,20,21,23). The number of anilines is 4. The van der Waals surface area contributed by atoms with Gasteiger partial charge in [0, 0.05) is 19.3 Å². The molecule has 2 aromatic heterocycles. The summed E-state index contributed by atoms with van der Waals surface area (Å²) in [6.45, 7) is 0. The lowest BCUT2D eigenvalue weighted by Gasteiger charge is -2.10. The van der Waals surface area contributed by atoms with Gasteiger partial charge in [0.1, 0.15) is 11.6 Å². The molecule has 26 heavy (non-hydrogen) atoms. The monoisotopic (exact) mass is 378 g/mol. The lowest BCUT2D eigenvalue weighted by atomic mass is 10.3. The molecule has 2 heterocycles. The number of amides is 1. The van der Waals surface area contributed by atoms with Gasteiger partial charge in [-0.1, -0.05) is 11.6 Å². The predicted molar refractivity (Wildman–Crippen MR) is 91.2 cm³/mol. The molecule has 0 bridgehead atoms. The normalized spacial score (nSPS) is 10.4. The zero-order valence-corrected chi connectivity index (χ0v) is 14.0. The summed E-state index contributed by atoms with van der Waals surface area (Å²) in [5, 5.41) is 17.0. The fraction of sp³-hybridized carbons (Fsp3) is 0.0714. The lowest BCUT2D eigenvalue weighted by molar-refractivity contribution is 0.211. The van der Waals surface area contributed by atoms with Crippen molar-refractivity contribution in [3.8, 4) is 5.75 Å². The third-order valence-electron chi connectivity index (χ3n) is 3.02. The Kier molecular flexibility index (Phi) is 4.80. The number of carbonyl (C=O) groups is 1. The Morgan fingerprint density at radius 2 is 2.15 bits per heavy atom. The van der Waals surface area contributed by atoms with Crippen LogP contribution in [0.25, 0.3) is 0 Å². The maximum Gasteiger partial charge on any atom is 0.409 e. The van der Waals surface area contributed by atoms with Crippen molar-refractivity contribution in [1.82, 2.24) is 25.0 Å². The highest BCUT2D eigenvalue weighted by atomic mass is 35.5. The Bertz CT molecular complexity index is 964. The van der Waals surface area contributed by atoms with Crippen LogP contribution < -0.4 is 21.1 Å². The Labute approximate surface area is 151 Å². The average Bonchev–Trinajstić information content (AvgIpc) is 2.98. The second kappa shape index (κ2) is 7.19. The van der Waals surface area contributed by atoms with Gasteiger partial charge in [-0.25, -0.2) is 9.18 Å². The number of nitrogens with two attached hydrogens (primary N) is 1. The highest BCUT2D eigenvalue weighted by molar-refractivity contribution is 6.31. The minimum absolute atomic E-state index is 0.0431. The van der Waals surface area contributed by atoms with E-state index >= 15 is 0 Å². The second-order valence-corrected chi connectivity index (χ2v) is 5.35. The Morgan fingerprint density at radius 1 is 1.35 bits per heavy atom. The smallest absolute Gasteiger partial charge is 0.409 e. The molecule has 0 saturated carbocycles. The fourth-order valence-electron chi connectivity index (χ4n) is 1.97. The van der Waals surface area contributed by atoms with Gasteiger partial charge >= 0.3 is 6.09 Å². The first-order chi connectivity index (χ1) is 12.4. The van der Waals surface area contributed by atoms with E-state index in [-0.39, 0.29) is 28.4 Å². The molecule has 12 heteroatoms. The van der Waals surface area contributed by atoms with Crippen LogP contribution in [0, 0.1) is 5.82 Å². The van der Waals surface area contributed by atoms with Gasteiger partial charge in [0.05, 0.1) is 17.6 Å². The van der Waals surface area contributed by atoms with E-state index in [0.29, 0.717) is 5.69 Å². The molecule has 0 radical (unpaired) electrons. The van der Waals surface area contributed by atoms with Gasteiger partial charge in [-0.2, -0.15) is 10.1 Å². The van der Waals surface area contributed by atoms with E-state index < -0.39 is 11.9 Å². The molecule has 4 N–H and O–H groups in total. The van der Waals surface area contributed by atoms with Gasteiger partial charge in [-0.05, 0) is 12.1 Å². The molecular weight excluding hydrogens is 367 g/mol. The van der Waals surface area contributed by atoms with Crippen molar-refractivity contribution in [2.75, 3.05) is 10.6 Å². The summed E-state index contributed by atoms with van der Waals surface area (Å²) in [5.41, 5.74) is 5.53. The minimum Gasteiger partial charge on any atom is -0.410 e. The molecule has 134 valence electrons. The van der Waals surface area contributed by atoms with Gasteiger partial charge in [-0.15, -0.1) is 10.2 Å². The van der Waals surface area contributed by atoms with Crippen LogP contribution in [-0.4, -0.2) is 31.1 Å². The van der Waals surface area contributed by atoms with Crippen LogP contribution >= 0.6 is 11.6 Å². The van der Waals surface area contributed by atoms with Crippen molar-refractivity contribution >= 4 is 40.8 Å². The summed E-state index contributed by atoms with van der Waals surface area (Å²) in [7, 11) is 1.75. The van der Waals surface area contributed by atoms with Gasteiger partial charge in [0.25, 0.3) is 0 Å². The van der Waals surface area contributed by atoms with Crippen LogP contribution in [0.4, 0.5) is 32.3 Å².